The minimum absolute atomic E-state index is 0.960. The molecule has 0 spiro atoms. The van der Waals surface area contributed by atoms with Gasteiger partial charge in [0.2, 0.25) is 0 Å². The van der Waals surface area contributed by atoms with Crippen molar-refractivity contribution in [1.82, 2.24) is 14.3 Å². The van der Waals surface area contributed by atoms with Crippen LogP contribution >= 0.6 is 15.9 Å². The van der Waals surface area contributed by atoms with Crippen LogP contribution in [0, 0.1) is 0 Å². The summed E-state index contributed by atoms with van der Waals surface area (Å²) in [6, 6.07) is 14.8. The number of pyridine rings is 1. The van der Waals surface area contributed by atoms with Gasteiger partial charge >= 0.3 is 0 Å². The molecule has 2 aromatic heterocycles. The summed E-state index contributed by atoms with van der Waals surface area (Å²) in [6.45, 7) is 3.03. The molecule has 4 heteroatoms. The number of imidazole rings is 1. The molecule has 0 aliphatic carbocycles. The highest BCUT2D eigenvalue weighted by atomic mass is 79.9. The van der Waals surface area contributed by atoms with Crippen LogP contribution < -0.4 is 0 Å². The predicted molar refractivity (Wildman–Crippen MR) is 87.2 cm³/mol. The maximum atomic E-state index is 4.78. The maximum Gasteiger partial charge on any atom is 0.151 e. The van der Waals surface area contributed by atoms with Crippen LogP contribution in [0.4, 0.5) is 0 Å². The third-order valence-corrected chi connectivity index (χ3v) is 4.69. The molecule has 106 valence electrons. The Hall–Kier alpha value is -1.65. The summed E-state index contributed by atoms with van der Waals surface area (Å²) in [5.74, 6) is 0. The summed E-state index contributed by atoms with van der Waals surface area (Å²) in [7, 11) is 0. The van der Waals surface area contributed by atoms with Gasteiger partial charge < -0.3 is 4.40 Å². The van der Waals surface area contributed by atoms with Gasteiger partial charge in [-0.15, -0.1) is 0 Å². The van der Waals surface area contributed by atoms with Crippen LogP contribution in [-0.4, -0.2) is 20.8 Å². The topological polar surface area (TPSA) is 20.5 Å². The molecule has 0 N–H and O–H groups in total. The van der Waals surface area contributed by atoms with Crippen LogP contribution in [-0.2, 0) is 19.5 Å². The van der Waals surface area contributed by atoms with E-state index in [-0.39, 0.29) is 0 Å². The highest BCUT2D eigenvalue weighted by molar-refractivity contribution is 9.10. The van der Waals surface area contributed by atoms with Crippen LogP contribution in [0.2, 0.25) is 0 Å². The van der Waals surface area contributed by atoms with Crippen molar-refractivity contribution in [3.63, 3.8) is 0 Å². The van der Waals surface area contributed by atoms with Gasteiger partial charge in [0.15, 0.2) is 5.65 Å². The normalized spacial score (nSPS) is 15.3. The summed E-state index contributed by atoms with van der Waals surface area (Å²) in [4.78, 5) is 7.28. The minimum atomic E-state index is 0.960. The van der Waals surface area contributed by atoms with Gasteiger partial charge in [-0.05, 0) is 33.6 Å². The molecule has 4 rings (SSSR count). The summed E-state index contributed by atoms with van der Waals surface area (Å²) in [6.07, 6.45) is 3.13. The molecule has 0 unspecified atom stereocenters. The quantitative estimate of drug-likeness (QED) is 0.709. The van der Waals surface area contributed by atoms with E-state index in [4.69, 9.17) is 4.98 Å². The molecule has 3 nitrogen and oxygen atoms in total. The van der Waals surface area contributed by atoms with Crippen molar-refractivity contribution >= 4 is 21.6 Å². The lowest BCUT2D eigenvalue weighted by Crippen LogP contribution is -2.30. The van der Waals surface area contributed by atoms with Crippen molar-refractivity contribution in [2.75, 3.05) is 6.54 Å². The van der Waals surface area contributed by atoms with Crippen LogP contribution in [0.15, 0.2) is 53.1 Å². The number of aromatic nitrogens is 2. The van der Waals surface area contributed by atoms with Gasteiger partial charge in [-0.25, -0.2) is 4.98 Å². The average Bonchev–Trinajstić information content (AvgIpc) is 2.88. The number of hydrogen-bond donors (Lipinski definition) is 0. The second kappa shape index (κ2) is 5.28. The fourth-order valence-electron chi connectivity index (χ4n) is 3.03. The largest absolute Gasteiger partial charge is 0.302 e. The molecule has 0 radical (unpaired) electrons. The van der Waals surface area contributed by atoms with Gasteiger partial charge in [0.1, 0.15) is 0 Å². The van der Waals surface area contributed by atoms with Crippen molar-refractivity contribution in [1.29, 1.82) is 0 Å². The molecule has 1 aromatic carbocycles. The van der Waals surface area contributed by atoms with E-state index >= 15 is 0 Å². The summed E-state index contributed by atoms with van der Waals surface area (Å²) in [5, 5.41) is 0. The number of rotatable bonds is 2. The predicted octanol–water partition coefficient (Wildman–Crippen LogP) is 3.66. The number of halogens is 1. The molecule has 1 aliphatic heterocycles. The van der Waals surface area contributed by atoms with Gasteiger partial charge in [0.05, 0.1) is 15.9 Å². The molecule has 21 heavy (non-hydrogen) atoms. The van der Waals surface area contributed by atoms with Gasteiger partial charge in [0.25, 0.3) is 0 Å². The Bertz CT molecular complexity index is 779. The SMILES string of the molecule is Brc1cccn2c3c(nc12)CCN(Cc1ccccc1)C3. The first-order valence-electron chi connectivity index (χ1n) is 7.22. The zero-order chi connectivity index (χ0) is 14.2. The second-order valence-electron chi connectivity index (χ2n) is 5.50. The lowest BCUT2D eigenvalue weighted by Gasteiger charge is -2.26. The molecule has 3 aromatic rings. The molecule has 0 amide bonds. The molecule has 0 saturated carbocycles. The standard InChI is InChI=1S/C17H16BrN3/c18-14-7-4-9-21-16-12-20(10-8-15(16)19-17(14)21)11-13-5-2-1-3-6-13/h1-7,9H,8,10-12H2. The molecule has 1 aliphatic rings. The first-order chi connectivity index (χ1) is 10.3. The van der Waals surface area contributed by atoms with E-state index in [2.05, 4.69) is 73.9 Å². The number of fused-ring (bicyclic) bond motifs is 3. The highest BCUT2D eigenvalue weighted by Crippen LogP contribution is 2.25. The molecule has 0 saturated heterocycles. The highest BCUT2D eigenvalue weighted by Gasteiger charge is 2.22. The fraction of sp³-hybridized carbons (Fsp3) is 0.235. The van der Waals surface area contributed by atoms with E-state index in [0.29, 0.717) is 0 Å². The molecule has 0 bridgehead atoms. The summed E-state index contributed by atoms with van der Waals surface area (Å²) in [5.41, 5.74) is 4.97. The second-order valence-corrected chi connectivity index (χ2v) is 6.36. The molecular formula is C17H16BrN3. The van der Waals surface area contributed by atoms with Gasteiger partial charge in [-0.1, -0.05) is 30.3 Å². The van der Waals surface area contributed by atoms with Gasteiger partial charge in [-0.3, -0.25) is 4.90 Å². The molecule has 0 atom stereocenters. The zero-order valence-corrected chi connectivity index (χ0v) is 13.3. The Balaban J connectivity index is 1.65. The number of nitrogens with zero attached hydrogens (tertiary/aromatic N) is 3. The van der Waals surface area contributed by atoms with E-state index in [0.717, 1.165) is 36.2 Å². The monoisotopic (exact) mass is 341 g/mol. The summed E-state index contributed by atoms with van der Waals surface area (Å²) < 4.78 is 3.28. The first-order valence-corrected chi connectivity index (χ1v) is 8.01. The van der Waals surface area contributed by atoms with Crippen LogP contribution in [0.25, 0.3) is 5.65 Å². The maximum absolute atomic E-state index is 4.78. The molecule has 3 heterocycles. The number of hydrogen-bond acceptors (Lipinski definition) is 2. The van der Waals surface area contributed by atoms with E-state index in [1.54, 1.807) is 0 Å². The van der Waals surface area contributed by atoms with Crippen molar-refractivity contribution in [3.8, 4) is 0 Å². The minimum Gasteiger partial charge on any atom is -0.302 e. The molecular weight excluding hydrogens is 326 g/mol. The third kappa shape index (κ3) is 2.39. The zero-order valence-electron chi connectivity index (χ0n) is 11.7. The Kier molecular flexibility index (Phi) is 3.28. The van der Waals surface area contributed by atoms with Crippen molar-refractivity contribution in [2.24, 2.45) is 0 Å². The van der Waals surface area contributed by atoms with E-state index in [1.165, 1.54) is 17.0 Å². The van der Waals surface area contributed by atoms with E-state index in [1.807, 2.05) is 0 Å². The van der Waals surface area contributed by atoms with Crippen LogP contribution in [0.1, 0.15) is 17.0 Å². The van der Waals surface area contributed by atoms with Crippen LogP contribution in [0.3, 0.4) is 0 Å². The third-order valence-electron chi connectivity index (χ3n) is 4.07. The average molecular weight is 342 g/mol. The Morgan fingerprint density at radius 3 is 2.81 bits per heavy atom. The molecule has 0 fully saturated rings. The van der Waals surface area contributed by atoms with Crippen molar-refractivity contribution in [2.45, 2.75) is 19.5 Å². The lowest BCUT2D eigenvalue weighted by molar-refractivity contribution is 0.240. The van der Waals surface area contributed by atoms with Crippen molar-refractivity contribution < 1.29 is 0 Å². The fourth-order valence-corrected chi connectivity index (χ4v) is 3.46. The smallest absolute Gasteiger partial charge is 0.151 e. The van der Waals surface area contributed by atoms with Gasteiger partial charge in [0, 0.05) is 32.3 Å². The van der Waals surface area contributed by atoms with E-state index < -0.39 is 0 Å². The van der Waals surface area contributed by atoms with Crippen molar-refractivity contribution in [3.05, 3.63) is 70.1 Å². The Morgan fingerprint density at radius 1 is 1.10 bits per heavy atom. The number of benzene rings is 1. The Morgan fingerprint density at radius 2 is 1.95 bits per heavy atom. The van der Waals surface area contributed by atoms with Crippen LogP contribution in [0.5, 0.6) is 0 Å². The Labute approximate surface area is 132 Å². The summed E-state index contributed by atoms with van der Waals surface area (Å²) >= 11 is 3.60. The van der Waals surface area contributed by atoms with E-state index in [9.17, 15) is 0 Å². The first kappa shape index (κ1) is 13.0. The lowest BCUT2D eigenvalue weighted by atomic mass is 10.1. The van der Waals surface area contributed by atoms with Gasteiger partial charge in [-0.2, -0.15) is 0 Å².